The van der Waals surface area contributed by atoms with Crippen molar-refractivity contribution in [1.29, 1.82) is 0 Å². The van der Waals surface area contributed by atoms with Crippen molar-refractivity contribution in [3.63, 3.8) is 0 Å². The Morgan fingerprint density at radius 2 is 1.53 bits per heavy atom. The fourth-order valence-corrected chi connectivity index (χ4v) is 1.19. The largest absolute Gasteiger partial charge is 0.462 e. The Kier molecular flexibility index (Phi) is 4.09. The quantitative estimate of drug-likeness (QED) is 0.468. The monoisotopic (exact) mass is 250 g/mol. The molecule has 0 unspecified atom stereocenters. The summed E-state index contributed by atoms with van der Waals surface area (Å²) >= 11 is 0. The maximum Gasteiger partial charge on any atom is 0.344 e. The number of carbonyl (C=O) groups is 1. The Bertz CT molecular complexity index is 428. The number of halogens is 4. The van der Waals surface area contributed by atoms with Crippen molar-refractivity contribution < 1.29 is 27.1 Å². The van der Waals surface area contributed by atoms with Gasteiger partial charge < -0.3 is 4.74 Å². The van der Waals surface area contributed by atoms with Crippen LogP contribution in [-0.4, -0.2) is 12.6 Å². The SMILES string of the molecule is CCCOC(=O)c1c(F)c(F)c(C)c(F)c1F. The second kappa shape index (κ2) is 5.16. The van der Waals surface area contributed by atoms with Crippen LogP contribution in [0, 0.1) is 30.2 Å². The first-order valence-corrected chi connectivity index (χ1v) is 4.91. The van der Waals surface area contributed by atoms with Gasteiger partial charge in [0.1, 0.15) is 5.56 Å². The third-order valence-electron chi connectivity index (χ3n) is 2.12. The van der Waals surface area contributed by atoms with Crippen LogP contribution in [0.2, 0.25) is 0 Å². The molecule has 0 aliphatic heterocycles. The molecule has 0 spiro atoms. The Labute approximate surface area is 95.2 Å². The number of hydrogen-bond donors (Lipinski definition) is 0. The molecule has 0 saturated heterocycles. The highest BCUT2D eigenvalue weighted by Gasteiger charge is 2.28. The van der Waals surface area contributed by atoms with Gasteiger partial charge in [-0.1, -0.05) is 6.92 Å². The zero-order valence-corrected chi connectivity index (χ0v) is 9.24. The summed E-state index contributed by atoms with van der Waals surface area (Å²) in [5.41, 5.74) is -2.15. The van der Waals surface area contributed by atoms with Gasteiger partial charge in [0.05, 0.1) is 6.61 Å². The Hall–Kier alpha value is -1.59. The molecular formula is C11H10F4O2. The fraction of sp³-hybridized carbons (Fsp3) is 0.364. The summed E-state index contributed by atoms with van der Waals surface area (Å²) in [7, 11) is 0. The molecule has 0 amide bonds. The summed E-state index contributed by atoms with van der Waals surface area (Å²) in [5.74, 6) is -8.07. The zero-order chi connectivity index (χ0) is 13.2. The number of carbonyl (C=O) groups excluding carboxylic acids is 1. The lowest BCUT2D eigenvalue weighted by atomic mass is 10.1. The van der Waals surface area contributed by atoms with Gasteiger partial charge in [-0.05, 0) is 13.3 Å². The van der Waals surface area contributed by atoms with Gasteiger partial charge in [-0.15, -0.1) is 0 Å². The third kappa shape index (κ3) is 2.40. The van der Waals surface area contributed by atoms with Gasteiger partial charge in [-0.25, -0.2) is 22.4 Å². The van der Waals surface area contributed by atoms with E-state index in [1.807, 2.05) is 0 Å². The molecule has 0 atom stereocenters. The maximum absolute atomic E-state index is 13.3. The van der Waals surface area contributed by atoms with E-state index in [-0.39, 0.29) is 6.61 Å². The minimum Gasteiger partial charge on any atom is -0.462 e. The number of esters is 1. The van der Waals surface area contributed by atoms with E-state index < -0.39 is 40.4 Å². The first-order chi connectivity index (χ1) is 7.91. The summed E-state index contributed by atoms with van der Waals surface area (Å²) in [6.07, 6.45) is 0.422. The molecule has 6 heteroatoms. The van der Waals surface area contributed by atoms with Crippen LogP contribution in [0.15, 0.2) is 0 Å². The molecule has 94 valence electrons. The maximum atomic E-state index is 13.3. The average molecular weight is 250 g/mol. The predicted octanol–water partition coefficient (Wildman–Crippen LogP) is 3.12. The van der Waals surface area contributed by atoms with E-state index in [0.717, 1.165) is 6.92 Å². The third-order valence-corrected chi connectivity index (χ3v) is 2.12. The molecule has 0 bridgehead atoms. The predicted molar refractivity (Wildman–Crippen MR) is 51.6 cm³/mol. The van der Waals surface area contributed by atoms with E-state index in [2.05, 4.69) is 4.74 Å². The Morgan fingerprint density at radius 1 is 1.06 bits per heavy atom. The molecule has 0 aliphatic rings. The number of ether oxygens (including phenoxy) is 1. The van der Waals surface area contributed by atoms with Gasteiger partial charge in [0, 0.05) is 5.56 Å². The van der Waals surface area contributed by atoms with E-state index in [1.54, 1.807) is 6.92 Å². The minimum absolute atomic E-state index is 0.0885. The summed E-state index contributed by atoms with van der Waals surface area (Å²) < 4.78 is 57.3. The first kappa shape index (κ1) is 13.5. The van der Waals surface area contributed by atoms with Gasteiger partial charge in [-0.3, -0.25) is 0 Å². The molecule has 0 radical (unpaired) electrons. The van der Waals surface area contributed by atoms with Crippen molar-refractivity contribution in [2.75, 3.05) is 6.61 Å². The standard InChI is InChI=1S/C11H10F4O2/c1-3-4-17-11(16)6-9(14)7(12)5(2)8(13)10(6)15/h3-4H2,1-2H3. The van der Waals surface area contributed by atoms with Gasteiger partial charge >= 0.3 is 5.97 Å². The molecule has 1 rings (SSSR count). The average Bonchev–Trinajstić information content (AvgIpc) is 2.31. The zero-order valence-electron chi connectivity index (χ0n) is 9.24. The van der Waals surface area contributed by atoms with E-state index in [0.29, 0.717) is 6.42 Å². The van der Waals surface area contributed by atoms with Crippen LogP contribution in [-0.2, 0) is 4.74 Å². The summed E-state index contributed by atoms with van der Waals surface area (Å²) in [5, 5.41) is 0. The van der Waals surface area contributed by atoms with Gasteiger partial charge in [0.2, 0.25) is 0 Å². The lowest BCUT2D eigenvalue weighted by molar-refractivity contribution is 0.0491. The number of benzene rings is 1. The van der Waals surface area contributed by atoms with Crippen molar-refractivity contribution in [3.05, 3.63) is 34.4 Å². The molecular weight excluding hydrogens is 240 g/mol. The molecule has 0 aromatic heterocycles. The van der Waals surface area contributed by atoms with Crippen molar-refractivity contribution in [3.8, 4) is 0 Å². The van der Waals surface area contributed by atoms with Crippen molar-refractivity contribution in [2.24, 2.45) is 0 Å². The lowest BCUT2D eigenvalue weighted by Gasteiger charge is -2.09. The summed E-state index contributed by atoms with van der Waals surface area (Å²) in [6.45, 7) is 2.45. The van der Waals surface area contributed by atoms with Crippen LogP contribution in [0.25, 0.3) is 0 Å². The summed E-state index contributed by atoms with van der Waals surface area (Å²) in [6, 6.07) is 0. The topological polar surface area (TPSA) is 26.3 Å². The van der Waals surface area contributed by atoms with Crippen LogP contribution in [0.1, 0.15) is 29.3 Å². The summed E-state index contributed by atoms with van der Waals surface area (Å²) in [4.78, 5) is 11.2. The Balaban J connectivity index is 3.29. The van der Waals surface area contributed by atoms with Gasteiger partial charge in [0.25, 0.3) is 0 Å². The molecule has 1 aromatic rings. The van der Waals surface area contributed by atoms with Crippen LogP contribution < -0.4 is 0 Å². The van der Waals surface area contributed by atoms with Crippen LogP contribution in [0.5, 0.6) is 0 Å². The van der Waals surface area contributed by atoms with E-state index in [1.165, 1.54) is 0 Å². The van der Waals surface area contributed by atoms with Crippen molar-refractivity contribution in [2.45, 2.75) is 20.3 Å². The second-order valence-electron chi connectivity index (χ2n) is 3.39. The number of hydrogen-bond acceptors (Lipinski definition) is 2. The van der Waals surface area contributed by atoms with E-state index in [9.17, 15) is 22.4 Å². The van der Waals surface area contributed by atoms with Crippen molar-refractivity contribution >= 4 is 5.97 Å². The molecule has 0 saturated carbocycles. The first-order valence-electron chi connectivity index (χ1n) is 4.91. The Morgan fingerprint density at radius 3 is 1.94 bits per heavy atom. The normalized spacial score (nSPS) is 10.5. The van der Waals surface area contributed by atoms with Crippen LogP contribution in [0.4, 0.5) is 17.6 Å². The van der Waals surface area contributed by atoms with Gasteiger partial charge in [0.15, 0.2) is 23.3 Å². The lowest BCUT2D eigenvalue weighted by Crippen LogP contribution is -2.15. The van der Waals surface area contributed by atoms with E-state index >= 15 is 0 Å². The van der Waals surface area contributed by atoms with Crippen LogP contribution >= 0.6 is 0 Å². The molecule has 17 heavy (non-hydrogen) atoms. The molecule has 1 aromatic carbocycles. The van der Waals surface area contributed by atoms with Crippen LogP contribution in [0.3, 0.4) is 0 Å². The number of rotatable bonds is 3. The minimum atomic E-state index is -1.73. The molecule has 2 nitrogen and oxygen atoms in total. The smallest absolute Gasteiger partial charge is 0.344 e. The highest BCUT2D eigenvalue weighted by atomic mass is 19.2. The highest BCUT2D eigenvalue weighted by Crippen LogP contribution is 2.24. The van der Waals surface area contributed by atoms with Crippen molar-refractivity contribution in [1.82, 2.24) is 0 Å². The highest BCUT2D eigenvalue weighted by molar-refractivity contribution is 5.90. The van der Waals surface area contributed by atoms with E-state index in [4.69, 9.17) is 0 Å². The molecule has 0 fully saturated rings. The fourth-order valence-electron chi connectivity index (χ4n) is 1.19. The molecule has 0 heterocycles. The molecule has 0 aliphatic carbocycles. The van der Waals surface area contributed by atoms with Gasteiger partial charge in [-0.2, -0.15) is 0 Å². The second-order valence-corrected chi connectivity index (χ2v) is 3.39. The molecule has 0 N–H and O–H groups in total.